The van der Waals surface area contributed by atoms with Crippen molar-refractivity contribution in [2.24, 2.45) is 21.7 Å². The Hall–Kier alpha value is -1.78. The maximum Gasteiger partial charge on any atom is 0.302 e. The van der Waals surface area contributed by atoms with Crippen LogP contribution >= 0.6 is 0 Å². The molecule has 8 rings (SSSR count). The smallest absolute Gasteiger partial charge is 0.302 e. The summed E-state index contributed by atoms with van der Waals surface area (Å²) in [6, 6.07) is 0. The number of carbonyl (C=O) groups is 2. The molecule has 12 atom stereocenters. The molecule has 2 spiro atoms. The second kappa shape index (κ2) is 9.38. The highest BCUT2D eigenvalue weighted by atomic mass is 16.6. The molecule has 0 radical (unpaired) electrons. The SMILES string of the molecule is CC(=O)O[C@@H]1C[C@H]2O[C@@H]3C=C(C)CC[C@]3(C)[C@]1(C)[C@]21CO1.CC(=O)O[C@@H]1C[C@H]2O[C@@H]3C=C(CO)CC[C@]3(C)[C@]1(C)[C@]21CO1. The lowest BCUT2D eigenvalue weighted by Gasteiger charge is -2.57. The van der Waals surface area contributed by atoms with Gasteiger partial charge in [-0.25, -0.2) is 0 Å². The summed E-state index contributed by atoms with van der Waals surface area (Å²) in [5.41, 5.74) is 1.28. The number of fused-ring (bicyclic) bond motifs is 4. The molecule has 4 bridgehead atoms. The van der Waals surface area contributed by atoms with Crippen molar-refractivity contribution >= 4 is 11.9 Å². The Balaban J connectivity index is 0.000000140. The van der Waals surface area contributed by atoms with E-state index in [9.17, 15) is 14.7 Å². The van der Waals surface area contributed by atoms with Crippen LogP contribution in [-0.4, -0.2) is 84.7 Å². The third kappa shape index (κ3) is 3.69. The molecule has 6 fully saturated rings. The average Bonchev–Trinajstić information content (AvgIpc) is 3.86. The number of ether oxygens (including phenoxy) is 6. The number of esters is 2. The van der Waals surface area contributed by atoms with E-state index in [0.717, 1.165) is 44.3 Å². The fourth-order valence-electron chi connectivity index (χ4n) is 10.5. The monoisotopic (exact) mass is 600 g/mol. The van der Waals surface area contributed by atoms with Crippen LogP contribution in [0, 0.1) is 21.7 Å². The molecule has 4 aliphatic carbocycles. The number of carbonyl (C=O) groups excluding carboxylic acids is 2. The van der Waals surface area contributed by atoms with Crippen molar-refractivity contribution in [3.8, 4) is 0 Å². The quantitative estimate of drug-likeness (QED) is 0.289. The van der Waals surface area contributed by atoms with E-state index in [2.05, 4.69) is 46.8 Å². The lowest BCUT2D eigenvalue weighted by Crippen LogP contribution is -2.63. The maximum absolute atomic E-state index is 11.6. The molecule has 4 aliphatic heterocycles. The predicted molar refractivity (Wildman–Crippen MR) is 155 cm³/mol. The molecule has 9 nitrogen and oxygen atoms in total. The van der Waals surface area contributed by atoms with E-state index in [1.165, 1.54) is 19.4 Å². The minimum atomic E-state index is -0.303. The highest BCUT2D eigenvalue weighted by molar-refractivity contribution is 5.67. The minimum absolute atomic E-state index is 0.0331. The molecular weight excluding hydrogens is 552 g/mol. The van der Waals surface area contributed by atoms with Gasteiger partial charge >= 0.3 is 11.9 Å². The molecule has 1 N–H and O–H groups in total. The molecule has 0 aromatic carbocycles. The van der Waals surface area contributed by atoms with Crippen molar-refractivity contribution in [3.63, 3.8) is 0 Å². The van der Waals surface area contributed by atoms with Crippen LogP contribution in [0.3, 0.4) is 0 Å². The van der Waals surface area contributed by atoms with E-state index in [1.54, 1.807) is 0 Å². The van der Waals surface area contributed by atoms with Crippen molar-refractivity contribution in [2.45, 2.75) is 135 Å². The van der Waals surface area contributed by atoms with Crippen LogP contribution in [0.1, 0.15) is 87.0 Å². The van der Waals surface area contributed by atoms with Gasteiger partial charge in [-0.3, -0.25) is 9.59 Å². The van der Waals surface area contributed by atoms with Crippen LogP contribution in [0.2, 0.25) is 0 Å². The number of hydrogen-bond acceptors (Lipinski definition) is 9. The van der Waals surface area contributed by atoms with Crippen LogP contribution in [0.15, 0.2) is 23.3 Å². The highest BCUT2D eigenvalue weighted by Crippen LogP contribution is 2.73. The zero-order chi connectivity index (χ0) is 30.8. The summed E-state index contributed by atoms with van der Waals surface area (Å²) in [5, 5.41) is 9.44. The lowest BCUT2D eigenvalue weighted by atomic mass is 9.52. The Morgan fingerprint density at radius 1 is 0.814 bits per heavy atom. The Morgan fingerprint density at radius 3 is 1.67 bits per heavy atom. The first-order valence-electron chi connectivity index (χ1n) is 16.1. The van der Waals surface area contributed by atoms with E-state index in [1.807, 2.05) is 0 Å². The summed E-state index contributed by atoms with van der Waals surface area (Å²) in [7, 11) is 0. The molecule has 2 saturated carbocycles. The first kappa shape index (κ1) is 29.9. The lowest BCUT2D eigenvalue weighted by molar-refractivity contribution is -0.210. The zero-order valence-electron chi connectivity index (χ0n) is 26.7. The van der Waals surface area contributed by atoms with Gasteiger partial charge in [-0.1, -0.05) is 45.4 Å². The van der Waals surface area contributed by atoms with Crippen LogP contribution in [-0.2, 0) is 38.0 Å². The fraction of sp³-hybridized carbons (Fsp3) is 0.824. The molecule has 4 saturated heterocycles. The Labute approximate surface area is 254 Å². The molecule has 9 heteroatoms. The molecular formula is C34H48O9. The van der Waals surface area contributed by atoms with Gasteiger partial charge in [-0.05, 0) is 38.2 Å². The van der Waals surface area contributed by atoms with Crippen molar-refractivity contribution in [1.29, 1.82) is 0 Å². The van der Waals surface area contributed by atoms with Crippen molar-refractivity contribution in [2.75, 3.05) is 19.8 Å². The summed E-state index contributed by atoms with van der Waals surface area (Å²) < 4.78 is 36.1. The van der Waals surface area contributed by atoms with Gasteiger partial charge < -0.3 is 33.5 Å². The van der Waals surface area contributed by atoms with Gasteiger partial charge in [0.1, 0.15) is 23.4 Å². The first-order valence-corrected chi connectivity index (χ1v) is 16.1. The van der Waals surface area contributed by atoms with E-state index >= 15 is 0 Å². The molecule has 43 heavy (non-hydrogen) atoms. The number of rotatable bonds is 3. The summed E-state index contributed by atoms with van der Waals surface area (Å²) in [6.07, 6.45) is 9.53. The van der Waals surface area contributed by atoms with E-state index < -0.39 is 0 Å². The standard InChI is InChI=1S/C17H24O5.C17H24O4/c1-10(19)21-13-7-14-17(9-20-17)16(13,3)15(2)5-4-11(8-18)6-12(15)22-14;1-10-5-6-15(3)12(7-10)21-14-8-13(20-11(2)18)16(15,4)17(14)9-19-17/h6,12-14,18H,4-5,7-9H2,1-3H3;7,12-14H,5-6,8-9H2,1-4H3/t2*12-,13-,14-,15+,16-,17+/m11/s1. The number of aliphatic hydroxyl groups excluding tert-OH is 1. The van der Waals surface area contributed by atoms with Crippen LogP contribution in [0.5, 0.6) is 0 Å². The average molecular weight is 601 g/mol. The number of hydrogen-bond donors (Lipinski definition) is 1. The number of allylic oxidation sites excluding steroid dienone is 1. The molecule has 0 unspecified atom stereocenters. The van der Waals surface area contributed by atoms with Gasteiger partial charge in [-0.15, -0.1) is 0 Å². The van der Waals surface area contributed by atoms with Crippen LogP contribution in [0.4, 0.5) is 0 Å². The largest absolute Gasteiger partial charge is 0.462 e. The normalized spacial score (nSPS) is 53.1. The van der Waals surface area contributed by atoms with E-state index in [4.69, 9.17) is 28.4 Å². The van der Waals surface area contributed by atoms with Gasteiger partial charge in [0, 0.05) is 48.3 Å². The third-order valence-corrected chi connectivity index (χ3v) is 13.8. The summed E-state index contributed by atoms with van der Waals surface area (Å²) in [6.45, 7) is 15.6. The predicted octanol–water partition coefficient (Wildman–Crippen LogP) is 4.19. The number of aliphatic hydroxyl groups is 1. The maximum atomic E-state index is 11.6. The second-order valence-corrected chi connectivity index (χ2v) is 15.4. The van der Waals surface area contributed by atoms with Gasteiger partial charge in [0.05, 0.1) is 44.2 Å². The summed E-state index contributed by atoms with van der Waals surface area (Å²) in [4.78, 5) is 23.1. The van der Waals surface area contributed by atoms with Gasteiger partial charge in [0.25, 0.3) is 0 Å². The number of epoxide rings is 2. The van der Waals surface area contributed by atoms with E-state index in [0.29, 0.717) is 13.0 Å². The molecule has 4 heterocycles. The Kier molecular flexibility index (Phi) is 6.52. The van der Waals surface area contributed by atoms with Gasteiger partial charge in [-0.2, -0.15) is 0 Å². The van der Waals surface area contributed by atoms with Gasteiger partial charge in [0.15, 0.2) is 0 Å². The highest BCUT2D eigenvalue weighted by Gasteiger charge is 2.82. The molecule has 8 aliphatic rings. The molecule has 0 aromatic rings. The Bertz CT molecular complexity index is 1280. The third-order valence-electron chi connectivity index (χ3n) is 13.8. The first-order chi connectivity index (χ1) is 20.2. The molecule has 0 amide bonds. The second-order valence-electron chi connectivity index (χ2n) is 15.4. The summed E-state index contributed by atoms with van der Waals surface area (Å²) >= 11 is 0. The minimum Gasteiger partial charge on any atom is -0.462 e. The molecule has 0 aromatic heterocycles. The van der Waals surface area contributed by atoms with Gasteiger partial charge in [0.2, 0.25) is 0 Å². The van der Waals surface area contributed by atoms with Crippen molar-refractivity contribution < 1.29 is 43.1 Å². The summed E-state index contributed by atoms with van der Waals surface area (Å²) in [5.74, 6) is -0.440. The van der Waals surface area contributed by atoms with Crippen molar-refractivity contribution in [1.82, 2.24) is 0 Å². The molecule has 238 valence electrons. The zero-order valence-corrected chi connectivity index (χ0v) is 26.7. The fourth-order valence-corrected chi connectivity index (χ4v) is 10.5. The van der Waals surface area contributed by atoms with Crippen LogP contribution in [0.25, 0.3) is 0 Å². The van der Waals surface area contributed by atoms with E-state index in [-0.39, 0.29) is 88.0 Å². The van der Waals surface area contributed by atoms with Crippen LogP contribution < -0.4 is 0 Å². The topological polar surface area (TPSA) is 116 Å². The van der Waals surface area contributed by atoms with Crippen molar-refractivity contribution in [3.05, 3.63) is 23.3 Å². The Morgan fingerprint density at radius 2 is 1.26 bits per heavy atom.